The molecular formula is C94H154ClF3IN19O24S5. The number of nitriles is 3. The van der Waals surface area contributed by atoms with Gasteiger partial charge in [0.05, 0.1) is 113 Å². The van der Waals surface area contributed by atoms with Crippen LogP contribution in [0.15, 0.2) is 37.1 Å². The number of thioether (sulfide) groups is 5. The fraction of sp³-hybridized carbons (Fsp3) is 0.766. The molecule has 1 aromatic heterocycles. The van der Waals surface area contributed by atoms with Crippen LogP contribution in [-0.2, 0) is 112 Å². The number of alkyl halides is 3. The van der Waals surface area contributed by atoms with E-state index < -0.39 is 110 Å². The Kier molecular flexibility index (Phi) is 47.1. The summed E-state index contributed by atoms with van der Waals surface area (Å²) in [5.74, 6) is 1.11. The topological polar surface area (TPSA) is 548 Å². The van der Waals surface area contributed by atoms with Crippen molar-refractivity contribution in [2.45, 2.75) is 306 Å². The number of halogens is 5. The zero-order valence-corrected chi connectivity index (χ0v) is 92.0. The van der Waals surface area contributed by atoms with Gasteiger partial charge in [-0.2, -0.15) is 33.5 Å². The number of nitrogens with two attached hydrogens (primary N) is 2. The van der Waals surface area contributed by atoms with Crippen molar-refractivity contribution in [2.75, 3.05) is 146 Å². The van der Waals surface area contributed by atoms with Crippen LogP contribution in [0, 0.1) is 34.0 Å². The number of ether oxygens (including phenoxy) is 10. The second-order valence-electron chi connectivity index (χ2n) is 39.4. The van der Waals surface area contributed by atoms with E-state index in [1.54, 1.807) is 86.6 Å². The van der Waals surface area contributed by atoms with E-state index in [9.17, 15) is 71.0 Å². The summed E-state index contributed by atoms with van der Waals surface area (Å²) in [6.07, 6.45) is 1.43. The number of methoxy groups -OCH3 is 3. The molecule has 17 aliphatic rings. The molecule has 19 atom stereocenters. The van der Waals surface area contributed by atoms with Gasteiger partial charge in [-0.05, 0) is 157 Å². The lowest BCUT2D eigenvalue weighted by Crippen LogP contribution is -3.00. The van der Waals surface area contributed by atoms with Gasteiger partial charge in [-0.25, -0.2) is 14.4 Å². The number of nitrogens with one attached hydrogen (secondary N) is 1. The number of likely N-dealkylation sites (N-methyl/N-ethyl adjacent to an activating group) is 7. The smallest absolute Gasteiger partial charge is 0.446 e. The minimum Gasteiger partial charge on any atom is -1.00 e. The number of pyridine rings is 1. The molecule has 10 N–H and O–H groups in total. The molecule has 0 aliphatic carbocycles. The van der Waals surface area contributed by atoms with Crippen LogP contribution in [0.5, 0.6) is 0 Å². The van der Waals surface area contributed by atoms with Gasteiger partial charge in [-0.1, -0.05) is 35.8 Å². The Balaban J connectivity index is 0.000000423. The van der Waals surface area contributed by atoms with Gasteiger partial charge in [-0.3, -0.25) is 67.8 Å². The molecule has 6 amide bonds. The first kappa shape index (κ1) is 134. The molecule has 0 radical (unpaired) electrons. The van der Waals surface area contributed by atoms with Crippen LogP contribution in [-0.4, -0.2) is 430 Å². The second kappa shape index (κ2) is 51.6. The minimum absolute atomic E-state index is 0. The highest BCUT2D eigenvalue weighted by Crippen LogP contribution is 2.54. The second-order valence-corrected chi connectivity index (χ2v) is 45.9. The predicted octanol–water partition coefficient (Wildman–Crippen LogP) is 1.40. The molecule has 17 saturated heterocycles. The Morgan fingerprint density at radius 3 is 1.22 bits per heavy atom. The van der Waals surface area contributed by atoms with Gasteiger partial charge >= 0.3 is 30.1 Å². The number of hydrogen-bond donors (Lipinski definition) is 6. The van der Waals surface area contributed by atoms with Crippen molar-refractivity contribution >= 4 is 142 Å². The highest BCUT2D eigenvalue weighted by Gasteiger charge is 2.69. The highest BCUT2D eigenvalue weighted by atomic mass is 127. The van der Waals surface area contributed by atoms with Gasteiger partial charge in [0.1, 0.15) is 112 Å². The Labute approximate surface area is 905 Å². The molecule has 18 rings (SSSR count). The van der Waals surface area contributed by atoms with Crippen molar-refractivity contribution in [1.29, 1.82) is 15.8 Å². The number of primary amides is 1. The molecule has 53 heteroatoms. The molecule has 17 aliphatic heterocycles. The summed E-state index contributed by atoms with van der Waals surface area (Å²) in [5, 5.41) is 48.9. The Morgan fingerprint density at radius 1 is 0.551 bits per heavy atom. The lowest BCUT2D eigenvalue weighted by molar-refractivity contribution is -0.669. The summed E-state index contributed by atoms with van der Waals surface area (Å²) in [6.45, 7) is 28.9. The van der Waals surface area contributed by atoms with E-state index in [2.05, 4.69) is 34.8 Å². The number of aldehydes is 2. The summed E-state index contributed by atoms with van der Waals surface area (Å²) in [7, 11) is 19.0. The molecule has 0 saturated carbocycles. The first-order valence-electron chi connectivity index (χ1n) is 45.4. The number of carbonyl (C=O) groups is 12. The first-order chi connectivity index (χ1) is 65.5. The fourth-order valence-corrected chi connectivity index (χ4v) is 26.8. The maximum Gasteiger partial charge on any atom is 0.446 e. The zero-order chi connectivity index (χ0) is 106. The van der Waals surface area contributed by atoms with Crippen LogP contribution in [0.25, 0.3) is 0 Å². The summed E-state index contributed by atoms with van der Waals surface area (Å²) in [6, 6.07) is 9.86. The van der Waals surface area contributed by atoms with Crippen molar-refractivity contribution in [1.82, 2.24) is 65.4 Å². The Morgan fingerprint density at radius 2 is 0.912 bits per heavy atom. The molecule has 17 fully saturated rings. The summed E-state index contributed by atoms with van der Waals surface area (Å²) < 4.78 is 86.1. The van der Waals surface area contributed by atoms with Gasteiger partial charge in [0, 0.05) is 79.4 Å². The van der Waals surface area contributed by atoms with Gasteiger partial charge in [0.25, 0.3) is 11.1 Å². The lowest BCUT2D eigenvalue weighted by Gasteiger charge is -2.36. The zero-order valence-electron chi connectivity index (χ0n) is 85.0. The SMILES string of the molecule is C.C.C.C.C=CCC1(C(=O)OC)COC(C)(C)N1C.CN1C(C)(C)OCC12CC(O)OC2=O.CN1C(C)(C)OC[C@]12C[C@@H]1SC[C@@H](C#N)N1C2=O.CN1C(C)(C)OC[C@]12C[C@@H]1SC[C@@H](C(N)=O)N1C2=O.CN[C@]1(C=O)C[C@@H]2SC[C@@H](C#N)N2C1=O.COC(=O)C1COC(C)(C)N1C.COC(=O)[C@@H]1CS[C@H]2C[C@]3(COC(C)(C)N3C)C(=O)N21.C[n+]1ccccc1Cl.N.N#C[C@@H]1CS[C@H]2C[C@](N)(CO)C(=O)N12.O=CC(F)(F)F.[I-]. The van der Waals surface area contributed by atoms with E-state index in [0.29, 0.717) is 94.4 Å². The number of nitrogens with zero attached hydrogens (tertiary/aromatic N) is 15. The van der Waals surface area contributed by atoms with Crippen LogP contribution in [0.4, 0.5) is 13.2 Å². The van der Waals surface area contributed by atoms with Crippen molar-refractivity contribution in [3.05, 3.63) is 42.2 Å². The number of aromatic nitrogens is 1. The molecule has 147 heavy (non-hydrogen) atoms. The van der Waals surface area contributed by atoms with Crippen molar-refractivity contribution in [2.24, 2.45) is 18.5 Å². The van der Waals surface area contributed by atoms with Gasteiger partial charge in [-0.15, -0.1) is 65.4 Å². The monoisotopic (exact) mass is 2310 g/mol. The highest BCUT2D eigenvalue weighted by molar-refractivity contribution is 8.01. The third kappa shape index (κ3) is 26.2. The molecule has 0 bridgehead atoms. The number of esters is 4. The maximum absolute atomic E-state index is 12.9. The molecule has 834 valence electrons. The fourth-order valence-electron chi connectivity index (χ4n) is 19.3. The van der Waals surface area contributed by atoms with Crippen molar-refractivity contribution < 1.29 is 157 Å². The third-order valence-electron chi connectivity index (χ3n) is 29.6. The van der Waals surface area contributed by atoms with Crippen LogP contribution < -0.4 is 51.5 Å². The molecule has 18 heterocycles. The summed E-state index contributed by atoms with van der Waals surface area (Å²) in [5.41, 5.74) is 2.93. The van der Waals surface area contributed by atoms with Crippen LogP contribution >= 0.6 is 70.4 Å². The molecular weight excluding hydrogens is 2160 g/mol. The van der Waals surface area contributed by atoms with E-state index in [1.807, 2.05) is 191 Å². The predicted molar refractivity (Wildman–Crippen MR) is 544 cm³/mol. The molecule has 4 unspecified atom stereocenters. The van der Waals surface area contributed by atoms with Crippen molar-refractivity contribution in [3.63, 3.8) is 0 Å². The summed E-state index contributed by atoms with van der Waals surface area (Å²) >= 11 is 13.8. The van der Waals surface area contributed by atoms with E-state index in [4.69, 9.17) is 91.4 Å². The number of hydrogen-bond acceptors (Lipinski definition) is 41. The van der Waals surface area contributed by atoms with Crippen LogP contribution in [0.3, 0.4) is 0 Å². The molecule has 4 spiro atoms. The van der Waals surface area contributed by atoms with Crippen LogP contribution in [0.2, 0.25) is 5.15 Å². The van der Waals surface area contributed by atoms with E-state index in [0.717, 1.165) is 17.3 Å². The molecule has 43 nitrogen and oxygen atoms in total. The average Bonchev–Trinajstić information content (AvgIpc) is 1.57. The van der Waals surface area contributed by atoms with Crippen molar-refractivity contribution in [3.8, 4) is 18.2 Å². The Hall–Kier alpha value is -6.72. The number of amides is 6. The molecule has 0 aromatic carbocycles. The number of aliphatic hydroxyl groups excluding tert-OH is 2. The van der Waals surface area contributed by atoms with Gasteiger partial charge < -0.3 is 134 Å². The third-order valence-corrected chi connectivity index (χ3v) is 36.5. The number of rotatable bonds is 9. The van der Waals surface area contributed by atoms with Crippen LogP contribution in [0.1, 0.15) is 158 Å². The van der Waals surface area contributed by atoms with E-state index in [1.165, 1.54) is 31.1 Å². The average molecular weight is 2310 g/mol. The quantitative estimate of drug-likeness (QED) is 0.0297. The maximum atomic E-state index is 12.9. The van der Waals surface area contributed by atoms with Gasteiger partial charge in [0.2, 0.25) is 42.1 Å². The normalized spacial score (nSPS) is 34.2. The number of carbonyl (C=O) groups excluding carboxylic acids is 12. The standard InChI is InChI=1S/C13H20N2O4S.C12H19N3O3S.C12H17N3O2S.C11H19NO3.C9H11N3O2S.C9H15NO4.C8H11N3O2S.C8H15NO3.C6H7ClN.C2HF3O.4CH4.HI.H3N/c1-12(2)14(3)13(7-19-12)5-9-15(11(13)17)8(6-20-9)10(16)18-4;1-11(2)14(3)12(6-18-11)4-8-15(10(12)17)7(5-19-8)9(13)16;1-11(2)14(3)12(7-17-11)4-9-15(10(12)16)8(5-13)6-18-9;1-6-7-11(9(13)14-5)8-15-10(2,3)12(11)4;1-11-9(5-13)2-7-12(8(9)14)6(3-10)4-15-7;1-8(2)10(3)9(5-13-8)4-6(11)14-7(9)12;9-2-5-3-14-6-1-8(10,4-12)7(13)11(5)6;1-8(2)9(3)6(5-12-8)7(10)11-4;1-8-5-3-2-4-6(8)7;3-2(4,5)1-6;;;;;;/h8-9H,5-7H2,1-4H3;7-8H,4-6H2,1-3H3,(H2,13,16);8-9H,4,6-7H2,1-3H3;6H,1,7-8H2,2-5H3;5-7,11H,2,4H2,1H3;6,11H,4-5H2,1-3H3;5-6,12H,1,3-4,10H2;6H,5H2,1-4H3;2-5H,1H3;1H;4*1H4;1H;1H3/q;;;;;;;;+1;;;;;;;/p-1/t8-,9-,13-;7-,8-,12-;8-,9+,12+;;6-,7+,9+;;5-,6+,8+;;;;;;;;;/m001.1.1........./s1. The van der Waals surface area contributed by atoms with E-state index >= 15 is 0 Å². The number of aryl methyl sites for hydroxylation is 1. The number of fused-ring (bicyclic) bond motifs is 5. The number of cyclic esters (lactones) is 1. The minimum atomic E-state index is -4.64. The lowest BCUT2D eigenvalue weighted by atomic mass is 9.94. The largest absolute Gasteiger partial charge is 1.00 e. The summed E-state index contributed by atoms with van der Waals surface area (Å²) in [4.78, 5) is 160. The Bertz CT molecular complexity index is 4960. The number of aliphatic hydroxyl groups is 2. The first-order valence-corrected chi connectivity index (χ1v) is 51.0. The van der Waals surface area contributed by atoms with E-state index in [-0.39, 0.29) is 184 Å². The molecule has 1 aromatic rings. The van der Waals surface area contributed by atoms with Gasteiger partial charge in [0.15, 0.2) is 17.3 Å².